The van der Waals surface area contributed by atoms with Crippen LogP contribution in [0, 0.1) is 0 Å². The Hall–Kier alpha value is -2.32. The van der Waals surface area contributed by atoms with Crippen molar-refractivity contribution in [3.8, 4) is 0 Å². The third kappa shape index (κ3) is 4.96. The molecule has 0 aromatic carbocycles. The summed E-state index contributed by atoms with van der Waals surface area (Å²) in [6, 6.07) is 0. The smallest absolute Gasteiger partial charge is 0.413 e. The van der Waals surface area contributed by atoms with Crippen molar-refractivity contribution in [2.45, 2.75) is 58.0 Å². The molecule has 1 aromatic rings. The molecule has 172 valence electrons. The minimum atomic E-state index is -0.893. The van der Waals surface area contributed by atoms with Crippen LogP contribution in [-0.4, -0.2) is 76.0 Å². The first kappa shape index (κ1) is 23.3. The van der Waals surface area contributed by atoms with Crippen LogP contribution in [0.2, 0.25) is 0 Å². The molecule has 2 saturated heterocycles. The quantitative estimate of drug-likeness (QED) is 0.413. The summed E-state index contributed by atoms with van der Waals surface area (Å²) >= 11 is 5.16. The van der Waals surface area contributed by atoms with Crippen LogP contribution in [-0.2, 0) is 23.7 Å². The summed E-state index contributed by atoms with van der Waals surface area (Å²) in [4.78, 5) is 24.1. The standard InChI is InChI=1S/C18H26N4O8S/c1-5-26-15(24)9-7-19-22(13(9)20-16(31)21-17(25)27-6-2)14-12-11(10(8-23)28-14)29-18(3,4)30-12/h7,10-12,14,23H,5-6,8H2,1-4H3,(H2,20,21,25,31)/t10-,11-,12-,14-/m1/s1. The number of hydrogen-bond donors (Lipinski definition) is 3. The summed E-state index contributed by atoms with van der Waals surface area (Å²) in [6.07, 6.45) is -2.13. The van der Waals surface area contributed by atoms with Crippen LogP contribution in [0.4, 0.5) is 10.6 Å². The number of aromatic nitrogens is 2. The maximum absolute atomic E-state index is 12.4. The molecule has 1 aromatic heterocycles. The van der Waals surface area contributed by atoms with Crippen molar-refractivity contribution >= 4 is 35.2 Å². The Balaban J connectivity index is 1.92. The molecule has 3 heterocycles. The number of amides is 1. The maximum Gasteiger partial charge on any atom is 0.413 e. The molecule has 31 heavy (non-hydrogen) atoms. The molecule has 3 N–H and O–H groups in total. The van der Waals surface area contributed by atoms with Crippen LogP contribution >= 0.6 is 12.2 Å². The van der Waals surface area contributed by atoms with E-state index in [2.05, 4.69) is 15.7 Å². The lowest BCUT2D eigenvalue weighted by molar-refractivity contribution is -0.201. The summed E-state index contributed by atoms with van der Waals surface area (Å²) in [5.74, 6) is -1.42. The molecule has 2 fully saturated rings. The Morgan fingerprint density at radius 1 is 1.26 bits per heavy atom. The highest BCUT2D eigenvalue weighted by molar-refractivity contribution is 7.80. The molecule has 1 amide bonds. The van der Waals surface area contributed by atoms with Gasteiger partial charge in [-0.3, -0.25) is 5.32 Å². The fraction of sp³-hybridized carbons (Fsp3) is 0.667. The second-order valence-electron chi connectivity index (χ2n) is 7.18. The van der Waals surface area contributed by atoms with Gasteiger partial charge in [-0.2, -0.15) is 5.10 Å². The van der Waals surface area contributed by atoms with E-state index >= 15 is 0 Å². The Labute approximate surface area is 184 Å². The van der Waals surface area contributed by atoms with Crippen molar-refractivity contribution in [2.24, 2.45) is 0 Å². The minimum absolute atomic E-state index is 0.0700. The van der Waals surface area contributed by atoms with Crippen molar-refractivity contribution in [3.05, 3.63) is 11.8 Å². The molecule has 2 aliphatic heterocycles. The van der Waals surface area contributed by atoms with Gasteiger partial charge in [0.15, 0.2) is 17.1 Å². The maximum atomic E-state index is 12.4. The van der Waals surface area contributed by atoms with Gasteiger partial charge in [0.05, 0.1) is 26.0 Å². The normalized spacial score (nSPS) is 26.2. The van der Waals surface area contributed by atoms with Gasteiger partial charge in [0.1, 0.15) is 29.7 Å². The topological polar surface area (TPSA) is 142 Å². The third-order valence-corrected chi connectivity index (χ3v) is 4.76. The Bertz CT molecular complexity index is 845. The Morgan fingerprint density at radius 2 is 1.94 bits per heavy atom. The number of fused-ring (bicyclic) bond motifs is 1. The van der Waals surface area contributed by atoms with E-state index < -0.39 is 42.4 Å². The number of carbonyl (C=O) groups excluding carboxylic acids is 2. The van der Waals surface area contributed by atoms with Crippen LogP contribution in [0.3, 0.4) is 0 Å². The SMILES string of the molecule is CCOC(=O)NC(=S)Nc1c(C(=O)OCC)cnn1[C@@H]1O[C@H](CO)[C@H]2OC(C)(C)O[C@H]21. The van der Waals surface area contributed by atoms with Crippen molar-refractivity contribution in [3.63, 3.8) is 0 Å². The summed E-state index contributed by atoms with van der Waals surface area (Å²) in [5, 5.41) is 19.0. The average molecular weight is 458 g/mol. The lowest BCUT2D eigenvalue weighted by Gasteiger charge is -2.24. The number of alkyl carbamates (subject to hydrolysis) is 1. The molecule has 0 bridgehead atoms. The van der Waals surface area contributed by atoms with Gasteiger partial charge in [-0.15, -0.1) is 0 Å². The number of esters is 1. The number of thiocarbonyl (C=S) groups is 1. The van der Waals surface area contributed by atoms with Gasteiger partial charge >= 0.3 is 12.1 Å². The third-order valence-electron chi connectivity index (χ3n) is 4.56. The first-order chi connectivity index (χ1) is 14.7. The molecule has 13 heteroatoms. The second-order valence-corrected chi connectivity index (χ2v) is 7.59. The summed E-state index contributed by atoms with van der Waals surface area (Å²) in [6.45, 7) is 6.84. The first-order valence-corrected chi connectivity index (χ1v) is 10.2. The number of hydrogen-bond acceptors (Lipinski definition) is 10. The monoisotopic (exact) mass is 458 g/mol. The molecule has 0 radical (unpaired) electrons. The van der Waals surface area contributed by atoms with Gasteiger partial charge in [0.2, 0.25) is 0 Å². The Kier molecular flexibility index (Phi) is 7.11. The van der Waals surface area contributed by atoms with Crippen molar-refractivity contribution in [1.29, 1.82) is 0 Å². The number of aliphatic hydroxyl groups excluding tert-OH is 1. The zero-order chi connectivity index (χ0) is 22.8. The van der Waals surface area contributed by atoms with Crippen molar-refractivity contribution in [2.75, 3.05) is 25.1 Å². The minimum Gasteiger partial charge on any atom is -0.462 e. The van der Waals surface area contributed by atoms with Gasteiger partial charge in [-0.1, -0.05) is 0 Å². The van der Waals surface area contributed by atoms with E-state index in [0.29, 0.717) is 0 Å². The number of carbonyl (C=O) groups is 2. The van der Waals surface area contributed by atoms with Gasteiger partial charge in [0.25, 0.3) is 0 Å². The molecule has 3 rings (SSSR count). The number of aliphatic hydroxyl groups is 1. The van der Waals surface area contributed by atoms with E-state index in [1.165, 1.54) is 10.9 Å². The predicted octanol–water partition coefficient (Wildman–Crippen LogP) is 0.912. The van der Waals surface area contributed by atoms with E-state index in [1.807, 2.05) is 0 Å². The van der Waals surface area contributed by atoms with Gasteiger partial charge in [0, 0.05) is 0 Å². The van der Waals surface area contributed by atoms with Crippen molar-refractivity contribution < 1.29 is 38.4 Å². The zero-order valence-corrected chi connectivity index (χ0v) is 18.4. The predicted molar refractivity (Wildman–Crippen MR) is 109 cm³/mol. The van der Waals surface area contributed by atoms with E-state index in [-0.39, 0.29) is 36.3 Å². The number of rotatable bonds is 6. The highest BCUT2D eigenvalue weighted by atomic mass is 32.1. The number of ether oxygens (including phenoxy) is 5. The molecule has 4 atom stereocenters. The number of anilines is 1. The van der Waals surface area contributed by atoms with Crippen molar-refractivity contribution in [1.82, 2.24) is 15.1 Å². The summed E-state index contributed by atoms with van der Waals surface area (Å²) in [7, 11) is 0. The first-order valence-electron chi connectivity index (χ1n) is 9.82. The lowest BCUT2D eigenvalue weighted by atomic mass is 10.1. The van der Waals surface area contributed by atoms with Gasteiger partial charge in [-0.25, -0.2) is 14.3 Å². The van der Waals surface area contributed by atoms with Crippen LogP contribution in [0.5, 0.6) is 0 Å². The van der Waals surface area contributed by atoms with Crippen LogP contribution in [0.1, 0.15) is 44.3 Å². The van der Waals surface area contributed by atoms with E-state index in [1.54, 1.807) is 27.7 Å². The molecular formula is C18H26N4O8S. The van der Waals surface area contributed by atoms with E-state index in [4.69, 9.17) is 35.9 Å². The van der Waals surface area contributed by atoms with E-state index in [9.17, 15) is 14.7 Å². The summed E-state index contributed by atoms with van der Waals surface area (Å²) < 4.78 is 29.0. The molecule has 0 spiro atoms. The highest BCUT2D eigenvalue weighted by Gasteiger charge is 2.56. The molecule has 0 unspecified atom stereocenters. The molecule has 0 aliphatic carbocycles. The second kappa shape index (κ2) is 9.44. The summed E-state index contributed by atoms with van der Waals surface area (Å²) in [5.41, 5.74) is 0.0700. The lowest BCUT2D eigenvalue weighted by Crippen LogP contribution is -2.36. The zero-order valence-electron chi connectivity index (χ0n) is 17.6. The number of nitrogens with one attached hydrogen (secondary N) is 2. The van der Waals surface area contributed by atoms with Crippen LogP contribution in [0.25, 0.3) is 0 Å². The molecule has 12 nitrogen and oxygen atoms in total. The average Bonchev–Trinajstić information content (AvgIpc) is 3.32. The molecule has 0 saturated carbocycles. The van der Waals surface area contributed by atoms with Gasteiger partial charge < -0.3 is 34.1 Å². The van der Waals surface area contributed by atoms with Gasteiger partial charge in [-0.05, 0) is 39.9 Å². The Morgan fingerprint density at radius 3 is 2.58 bits per heavy atom. The molecular weight excluding hydrogens is 432 g/mol. The number of nitrogens with zero attached hydrogens (tertiary/aromatic N) is 2. The highest BCUT2D eigenvalue weighted by Crippen LogP contribution is 2.43. The largest absolute Gasteiger partial charge is 0.462 e. The van der Waals surface area contributed by atoms with Crippen LogP contribution in [0.15, 0.2) is 6.20 Å². The fourth-order valence-electron chi connectivity index (χ4n) is 3.44. The molecule has 2 aliphatic rings. The fourth-order valence-corrected chi connectivity index (χ4v) is 3.62. The van der Waals surface area contributed by atoms with Crippen LogP contribution < -0.4 is 10.6 Å². The van der Waals surface area contributed by atoms with E-state index in [0.717, 1.165) is 0 Å².